The van der Waals surface area contributed by atoms with Gasteiger partial charge in [0.15, 0.2) is 0 Å². The van der Waals surface area contributed by atoms with Crippen molar-refractivity contribution in [3.05, 3.63) is 5.21 Å². The van der Waals surface area contributed by atoms with Gasteiger partial charge in [-0.3, -0.25) is 4.39 Å². The van der Waals surface area contributed by atoms with Crippen LogP contribution in [-0.4, -0.2) is 71.2 Å². The van der Waals surface area contributed by atoms with E-state index < -0.39 is 0 Å². The SMILES string of the molecule is CC(C)C.CC(C)C.CC(C)C.CCC.CCC.CF.CN(C)C.CO.C[N+](C)(C)[O-]. The lowest BCUT2D eigenvalue weighted by Crippen LogP contribution is -2.25. The molecule has 0 rings (SSSR count). The van der Waals surface area contributed by atoms with Crippen molar-refractivity contribution in [3.63, 3.8) is 0 Å². The van der Waals surface area contributed by atoms with Crippen molar-refractivity contribution in [2.75, 3.05) is 56.6 Å². The molecule has 0 aromatic rings. The Morgan fingerprint density at radius 2 is 0.613 bits per heavy atom. The average molecular weight is 463 g/mol. The first-order chi connectivity index (χ1) is 13.8. The van der Waals surface area contributed by atoms with E-state index in [1.165, 1.54) is 12.8 Å². The normalized spacial score (nSPS) is 8.13. The van der Waals surface area contributed by atoms with Gasteiger partial charge in [0.05, 0.1) is 28.3 Å². The number of rotatable bonds is 0. The van der Waals surface area contributed by atoms with Gasteiger partial charge in [0.25, 0.3) is 0 Å². The summed E-state index contributed by atoms with van der Waals surface area (Å²) in [6.45, 7) is 28.0. The van der Waals surface area contributed by atoms with E-state index >= 15 is 0 Å². The van der Waals surface area contributed by atoms with Gasteiger partial charge in [-0.2, -0.15) is 0 Å². The fourth-order valence-electron chi connectivity index (χ4n) is 0. The molecule has 204 valence electrons. The van der Waals surface area contributed by atoms with Gasteiger partial charge in [-0.15, -0.1) is 0 Å². The molecule has 0 saturated carbocycles. The summed E-state index contributed by atoms with van der Waals surface area (Å²) in [5.41, 5.74) is 0. The van der Waals surface area contributed by atoms with Crippen LogP contribution in [0.15, 0.2) is 0 Å². The molecule has 1 N–H and O–H groups in total. The summed E-state index contributed by atoms with van der Waals surface area (Å²) in [7, 11) is 12.2. The fourth-order valence-corrected chi connectivity index (χ4v) is 0. The highest BCUT2D eigenvalue weighted by Gasteiger charge is 1.79. The van der Waals surface area contributed by atoms with Crippen molar-refractivity contribution in [2.45, 2.75) is 103 Å². The third kappa shape index (κ3) is 434000. The highest BCUT2D eigenvalue weighted by molar-refractivity contribution is 4.21. The van der Waals surface area contributed by atoms with E-state index in [9.17, 15) is 9.60 Å². The van der Waals surface area contributed by atoms with Crippen LogP contribution in [0, 0.1) is 23.0 Å². The van der Waals surface area contributed by atoms with Crippen LogP contribution in [0.2, 0.25) is 0 Å². The van der Waals surface area contributed by atoms with Gasteiger partial charge in [-0.05, 0) is 38.9 Å². The van der Waals surface area contributed by atoms with Crippen LogP contribution in [-0.2, 0) is 0 Å². The standard InChI is InChI=1S/3C4H10.C3H9NO.C3H9N.2C3H8.CH3F.CH4O/c3*1-4(2)3;1-4(2,3)5;1-4(2)3;2*1-3-2;2*1-2/h3*4H,1-3H3;1-3H3;1-3H3;2*3H2,1-2H3;1H3;2H,1H3. The number of halogens is 1. The van der Waals surface area contributed by atoms with Gasteiger partial charge >= 0.3 is 0 Å². The molecule has 4 nitrogen and oxygen atoms in total. The van der Waals surface area contributed by atoms with Gasteiger partial charge in [-0.25, -0.2) is 0 Å². The van der Waals surface area contributed by atoms with Crippen LogP contribution >= 0.6 is 0 Å². The topological polar surface area (TPSA) is 46.5 Å². The lowest BCUT2D eigenvalue weighted by atomic mass is 10.3. The van der Waals surface area contributed by atoms with E-state index in [2.05, 4.69) is 90.0 Å². The van der Waals surface area contributed by atoms with Crippen LogP contribution < -0.4 is 0 Å². The first-order valence-corrected chi connectivity index (χ1v) is 11.7. The minimum atomic E-state index is -0.250. The Bertz CT molecular complexity index is 140. The third-order valence-electron chi connectivity index (χ3n) is 0. The second kappa shape index (κ2) is 63.0. The highest BCUT2D eigenvalue weighted by atomic mass is 19.1. The van der Waals surface area contributed by atoms with Crippen LogP contribution in [0.1, 0.15) is 103 Å². The number of quaternary nitrogens is 1. The molecule has 5 heteroatoms. The van der Waals surface area contributed by atoms with Crippen LogP contribution in [0.3, 0.4) is 0 Å². The molecule has 0 fully saturated rings. The van der Waals surface area contributed by atoms with E-state index in [1.54, 1.807) is 21.1 Å². The predicted molar refractivity (Wildman–Crippen MR) is 150 cm³/mol. The van der Waals surface area contributed by atoms with E-state index in [1.807, 2.05) is 26.0 Å². The first-order valence-electron chi connectivity index (χ1n) is 11.7. The van der Waals surface area contributed by atoms with Gasteiger partial charge in [-0.1, -0.05) is 103 Å². The number of alkyl halides is 1. The Hall–Kier alpha value is -0.230. The monoisotopic (exact) mass is 463 g/mol. The molecule has 0 spiro atoms. The first kappa shape index (κ1) is 57.5. The molecule has 0 saturated heterocycles. The molecule has 0 aromatic heterocycles. The summed E-state index contributed by atoms with van der Waals surface area (Å²) in [4.78, 5) is 2.00. The summed E-state index contributed by atoms with van der Waals surface area (Å²) >= 11 is 0. The van der Waals surface area contributed by atoms with Crippen LogP contribution in [0.25, 0.3) is 0 Å². The number of aliphatic hydroxyl groups excluding tert-OH is 1. The zero-order valence-corrected chi connectivity index (χ0v) is 26.3. The number of hydrogen-bond donors (Lipinski definition) is 1. The highest BCUT2D eigenvalue weighted by Crippen LogP contribution is 1.82. The Kier molecular flexibility index (Phi) is 117. The van der Waals surface area contributed by atoms with E-state index in [4.69, 9.17) is 5.11 Å². The number of nitrogens with zero attached hydrogens (tertiary/aromatic N) is 2. The van der Waals surface area contributed by atoms with Gasteiger partial charge in [0.1, 0.15) is 0 Å². The molecule has 0 bridgehead atoms. The van der Waals surface area contributed by atoms with E-state index in [0.717, 1.165) is 24.9 Å². The average Bonchev–Trinajstić information content (AvgIpc) is 2.48. The van der Waals surface area contributed by atoms with Crippen LogP contribution in [0.4, 0.5) is 4.39 Å². The van der Waals surface area contributed by atoms with Crippen molar-refractivity contribution in [1.82, 2.24) is 4.90 Å². The maximum Gasteiger partial charge on any atom is 0.0785 e. The molecule has 0 radical (unpaired) electrons. The Morgan fingerprint density at radius 1 is 0.613 bits per heavy atom. The van der Waals surface area contributed by atoms with Gasteiger partial charge in [0, 0.05) is 7.11 Å². The fraction of sp³-hybridized carbons (Fsp3) is 1.00. The number of aliphatic hydroxyl groups is 1. The molecule has 0 heterocycles. The number of hydroxylamine groups is 3. The lowest BCUT2D eigenvalue weighted by Gasteiger charge is -2.27. The molecule has 0 atom stereocenters. The van der Waals surface area contributed by atoms with Gasteiger partial charge < -0.3 is 19.9 Å². The van der Waals surface area contributed by atoms with E-state index in [-0.39, 0.29) is 4.65 Å². The van der Waals surface area contributed by atoms with Crippen molar-refractivity contribution >= 4 is 0 Å². The predicted octanol–water partition coefficient (Wildman–Crippen LogP) is 8.38. The molecule has 0 aliphatic heterocycles. The minimum absolute atomic E-state index is 0.250. The molecule has 0 aliphatic rings. The summed E-state index contributed by atoms with van der Waals surface area (Å²) in [6.07, 6.45) is 2.50. The Labute approximate surface area is 201 Å². The summed E-state index contributed by atoms with van der Waals surface area (Å²) < 4.78 is 9.25. The molecule has 0 aromatic carbocycles. The van der Waals surface area contributed by atoms with Gasteiger partial charge in [0.2, 0.25) is 0 Å². The lowest BCUT2D eigenvalue weighted by molar-refractivity contribution is -0.818. The molecule has 0 aliphatic carbocycles. The van der Waals surface area contributed by atoms with Crippen molar-refractivity contribution in [3.8, 4) is 0 Å². The molecule has 0 amide bonds. The number of hydrogen-bond acceptors (Lipinski definition) is 3. The smallest absolute Gasteiger partial charge is 0.0785 e. The van der Waals surface area contributed by atoms with Crippen molar-refractivity contribution in [1.29, 1.82) is 0 Å². The summed E-state index contributed by atoms with van der Waals surface area (Å²) in [6, 6.07) is 0. The molecular weight excluding hydrogens is 391 g/mol. The Morgan fingerprint density at radius 3 is 0.613 bits per heavy atom. The third-order valence-corrected chi connectivity index (χ3v) is 0. The Balaban J connectivity index is -0.0000000255. The second-order valence-corrected chi connectivity index (χ2v) is 9.84. The zero-order chi connectivity index (χ0) is 28.2. The van der Waals surface area contributed by atoms with Crippen molar-refractivity contribution in [2.24, 2.45) is 17.8 Å². The second-order valence-electron chi connectivity index (χ2n) is 9.84. The zero-order valence-electron chi connectivity index (χ0n) is 26.3. The largest absolute Gasteiger partial charge is 0.633 e. The molecular formula is C26H71FN2O2. The maximum absolute atomic E-state index is 10.0. The van der Waals surface area contributed by atoms with Crippen molar-refractivity contribution < 1.29 is 14.1 Å². The minimum Gasteiger partial charge on any atom is -0.633 e. The van der Waals surface area contributed by atoms with E-state index in [0.29, 0.717) is 7.18 Å². The maximum atomic E-state index is 10.0. The molecule has 0 unspecified atom stereocenters. The summed E-state index contributed by atoms with van der Waals surface area (Å²) in [5, 5.41) is 17.0. The quantitative estimate of drug-likeness (QED) is 0.290. The summed E-state index contributed by atoms with van der Waals surface area (Å²) in [5.74, 6) is 2.50. The van der Waals surface area contributed by atoms with Crippen LogP contribution in [0.5, 0.6) is 0 Å². The molecule has 31 heavy (non-hydrogen) atoms.